The Morgan fingerprint density at radius 3 is 2.52 bits per heavy atom. The SMILES string of the molecule is CC(CC(=O)NCC(c1ccccc1)N(C)C)C1CCNCC1. The third-order valence-electron chi connectivity index (χ3n) is 5.00. The van der Waals surface area contributed by atoms with Crippen LogP contribution in [0.1, 0.15) is 37.8 Å². The zero-order valence-electron chi connectivity index (χ0n) is 14.7. The Labute approximate surface area is 140 Å². The van der Waals surface area contributed by atoms with E-state index in [1.807, 2.05) is 18.2 Å². The molecule has 1 fully saturated rings. The standard InChI is InChI=1S/C19H31N3O/c1-15(16-9-11-20-12-10-16)13-19(23)21-14-18(22(2)3)17-7-5-4-6-8-17/h4-8,15-16,18,20H,9-14H2,1-3H3,(H,21,23). The second kappa shape index (κ2) is 9.04. The largest absolute Gasteiger partial charge is 0.354 e. The van der Waals surface area contributed by atoms with Crippen molar-refractivity contribution in [1.82, 2.24) is 15.5 Å². The van der Waals surface area contributed by atoms with E-state index in [0.717, 1.165) is 13.1 Å². The van der Waals surface area contributed by atoms with E-state index < -0.39 is 0 Å². The van der Waals surface area contributed by atoms with Crippen LogP contribution in [0.15, 0.2) is 30.3 Å². The fraction of sp³-hybridized carbons (Fsp3) is 0.632. The summed E-state index contributed by atoms with van der Waals surface area (Å²) in [5.41, 5.74) is 1.24. The first-order chi connectivity index (χ1) is 11.1. The van der Waals surface area contributed by atoms with E-state index in [4.69, 9.17) is 0 Å². The molecule has 0 radical (unpaired) electrons. The molecule has 2 unspecified atom stereocenters. The lowest BCUT2D eigenvalue weighted by Gasteiger charge is -2.28. The summed E-state index contributed by atoms with van der Waals surface area (Å²) in [6.07, 6.45) is 3.02. The Morgan fingerprint density at radius 1 is 1.26 bits per heavy atom. The van der Waals surface area contributed by atoms with Gasteiger partial charge < -0.3 is 15.5 Å². The molecule has 0 bridgehead atoms. The van der Waals surface area contributed by atoms with Crippen molar-refractivity contribution in [3.63, 3.8) is 0 Å². The van der Waals surface area contributed by atoms with Gasteiger partial charge in [-0.1, -0.05) is 37.3 Å². The van der Waals surface area contributed by atoms with Gasteiger partial charge in [-0.2, -0.15) is 0 Å². The Morgan fingerprint density at radius 2 is 1.91 bits per heavy atom. The average molecular weight is 317 g/mol. The number of amides is 1. The molecule has 1 aliphatic rings. The summed E-state index contributed by atoms with van der Waals surface area (Å²) in [6.45, 7) is 5.06. The van der Waals surface area contributed by atoms with Crippen LogP contribution >= 0.6 is 0 Å². The van der Waals surface area contributed by atoms with Crippen molar-refractivity contribution in [2.45, 2.75) is 32.2 Å². The molecule has 1 amide bonds. The molecule has 0 spiro atoms. The van der Waals surface area contributed by atoms with E-state index in [-0.39, 0.29) is 11.9 Å². The van der Waals surface area contributed by atoms with Crippen molar-refractivity contribution in [3.8, 4) is 0 Å². The van der Waals surface area contributed by atoms with Crippen LogP contribution in [0.3, 0.4) is 0 Å². The molecule has 4 nitrogen and oxygen atoms in total. The summed E-state index contributed by atoms with van der Waals surface area (Å²) in [4.78, 5) is 14.5. The third kappa shape index (κ3) is 5.63. The van der Waals surface area contributed by atoms with Crippen LogP contribution in [0.2, 0.25) is 0 Å². The van der Waals surface area contributed by atoms with E-state index in [1.54, 1.807) is 0 Å². The number of carbonyl (C=O) groups is 1. The normalized spacial score (nSPS) is 18.6. The summed E-state index contributed by atoms with van der Waals surface area (Å²) in [5.74, 6) is 1.33. The quantitative estimate of drug-likeness (QED) is 0.812. The highest BCUT2D eigenvalue weighted by molar-refractivity contribution is 5.76. The molecule has 0 saturated carbocycles. The molecular weight excluding hydrogens is 286 g/mol. The van der Waals surface area contributed by atoms with Gasteiger partial charge in [-0.25, -0.2) is 0 Å². The van der Waals surface area contributed by atoms with Crippen LogP contribution in [0.4, 0.5) is 0 Å². The zero-order chi connectivity index (χ0) is 16.7. The summed E-state index contributed by atoms with van der Waals surface area (Å²) < 4.78 is 0. The highest BCUT2D eigenvalue weighted by atomic mass is 16.1. The molecule has 4 heteroatoms. The van der Waals surface area contributed by atoms with E-state index in [9.17, 15) is 4.79 Å². The van der Waals surface area contributed by atoms with Crippen LogP contribution < -0.4 is 10.6 Å². The van der Waals surface area contributed by atoms with Gasteiger partial charge in [0, 0.05) is 13.0 Å². The summed E-state index contributed by atoms with van der Waals surface area (Å²) >= 11 is 0. The molecule has 0 aliphatic carbocycles. The van der Waals surface area contributed by atoms with Gasteiger partial charge in [0.2, 0.25) is 5.91 Å². The number of rotatable bonds is 7. The first kappa shape index (κ1) is 18.0. The van der Waals surface area contributed by atoms with Crippen LogP contribution in [-0.2, 0) is 4.79 Å². The molecule has 2 rings (SSSR count). The highest BCUT2D eigenvalue weighted by Crippen LogP contribution is 2.24. The molecule has 0 aromatic heterocycles. The lowest BCUT2D eigenvalue weighted by molar-refractivity contribution is -0.122. The minimum absolute atomic E-state index is 0.179. The molecule has 1 aromatic rings. The van der Waals surface area contributed by atoms with E-state index >= 15 is 0 Å². The minimum Gasteiger partial charge on any atom is -0.354 e. The maximum Gasteiger partial charge on any atom is 0.220 e. The number of piperidine rings is 1. The lowest BCUT2D eigenvalue weighted by Crippen LogP contribution is -2.37. The molecule has 1 saturated heterocycles. The molecule has 23 heavy (non-hydrogen) atoms. The van der Waals surface area contributed by atoms with Crippen molar-refractivity contribution >= 4 is 5.91 Å². The van der Waals surface area contributed by atoms with Crippen LogP contribution in [0.25, 0.3) is 0 Å². The van der Waals surface area contributed by atoms with Gasteiger partial charge in [-0.05, 0) is 57.4 Å². The lowest BCUT2D eigenvalue weighted by atomic mass is 9.84. The van der Waals surface area contributed by atoms with Gasteiger partial charge in [0.1, 0.15) is 0 Å². The van der Waals surface area contributed by atoms with Crippen molar-refractivity contribution in [1.29, 1.82) is 0 Å². The van der Waals surface area contributed by atoms with Gasteiger partial charge in [-0.3, -0.25) is 4.79 Å². The van der Waals surface area contributed by atoms with Gasteiger partial charge >= 0.3 is 0 Å². The Bertz CT molecular complexity index is 469. The van der Waals surface area contributed by atoms with Crippen LogP contribution in [-0.4, -0.2) is 44.5 Å². The number of carbonyl (C=O) groups excluding carboxylic acids is 1. The summed E-state index contributed by atoms with van der Waals surface area (Å²) in [6, 6.07) is 10.6. The second-order valence-electron chi connectivity index (χ2n) is 6.96. The number of benzene rings is 1. The van der Waals surface area contributed by atoms with E-state index in [1.165, 1.54) is 18.4 Å². The second-order valence-corrected chi connectivity index (χ2v) is 6.96. The van der Waals surface area contributed by atoms with Gasteiger partial charge in [-0.15, -0.1) is 0 Å². The Hall–Kier alpha value is -1.39. The fourth-order valence-electron chi connectivity index (χ4n) is 3.43. The van der Waals surface area contributed by atoms with Crippen molar-refractivity contribution in [2.75, 3.05) is 33.7 Å². The van der Waals surface area contributed by atoms with Gasteiger partial charge in [0.05, 0.1) is 6.04 Å². The molecule has 1 heterocycles. The average Bonchev–Trinajstić information content (AvgIpc) is 2.56. The van der Waals surface area contributed by atoms with Gasteiger partial charge in [0.25, 0.3) is 0 Å². The van der Waals surface area contributed by atoms with Gasteiger partial charge in [0.15, 0.2) is 0 Å². The topological polar surface area (TPSA) is 44.4 Å². The monoisotopic (exact) mass is 317 g/mol. The number of nitrogens with zero attached hydrogens (tertiary/aromatic N) is 1. The first-order valence-electron chi connectivity index (χ1n) is 8.76. The Balaban J connectivity index is 1.82. The summed E-state index contributed by atoms with van der Waals surface area (Å²) in [5, 5.41) is 6.52. The first-order valence-corrected chi connectivity index (χ1v) is 8.76. The predicted octanol–water partition coefficient (Wildman–Crippen LogP) is 2.43. The predicted molar refractivity (Wildman–Crippen MR) is 95.3 cm³/mol. The highest BCUT2D eigenvalue weighted by Gasteiger charge is 2.22. The van der Waals surface area contributed by atoms with Crippen LogP contribution in [0.5, 0.6) is 0 Å². The van der Waals surface area contributed by atoms with Crippen LogP contribution in [0, 0.1) is 11.8 Å². The molecule has 2 N–H and O–H groups in total. The van der Waals surface area contributed by atoms with E-state index in [2.05, 4.69) is 48.7 Å². The fourth-order valence-corrected chi connectivity index (χ4v) is 3.43. The minimum atomic E-state index is 0.179. The Kier molecular flexibility index (Phi) is 7.06. The number of hydrogen-bond acceptors (Lipinski definition) is 3. The van der Waals surface area contributed by atoms with Crippen molar-refractivity contribution in [3.05, 3.63) is 35.9 Å². The zero-order valence-corrected chi connectivity index (χ0v) is 14.7. The third-order valence-corrected chi connectivity index (χ3v) is 5.00. The number of likely N-dealkylation sites (N-methyl/N-ethyl adjacent to an activating group) is 1. The summed E-state index contributed by atoms with van der Waals surface area (Å²) in [7, 11) is 4.11. The smallest absolute Gasteiger partial charge is 0.220 e. The number of hydrogen-bond donors (Lipinski definition) is 2. The molecular formula is C19H31N3O. The molecule has 1 aromatic carbocycles. The van der Waals surface area contributed by atoms with E-state index in [0.29, 0.717) is 24.8 Å². The number of nitrogens with one attached hydrogen (secondary N) is 2. The molecule has 2 atom stereocenters. The maximum absolute atomic E-state index is 12.3. The maximum atomic E-state index is 12.3. The van der Waals surface area contributed by atoms with Crippen molar-refractivity contribution in [2.24, 2.45) is 11.8 Å². The van der Waals surface area contributed by atoms with Crippen molar-refractivity contribution < 1.29 is 4.79 Å². The molecule has 1 aliphatic heterocycles. The molecule has 128 valence electrons.